The summed E-state index contributed by atoms with van der Waals surface area (Å²) < 4.78 is 39.8. The molecule has 0 aromatic heterocycles. The number of anilines is 1. The molecule has 1 saturated heterocycles. The van der Waals surface area contributed by atoms with Crippen molar-refractivity contribution in [1.82, 2.24) is 10.2 Å². The topological polar surface area (TPSA) is 79.9 Å². The summed E-state index contributed by atoms with van der Waals surface area (Å²) in [5.74, 6) is -3.95. The molecule has 198 valence electrons. The van der Waals surface area contributed by atoms with E-state index in [4.69, 9.17) is 9.47 Å². The smallest absolute Gasteiger partial charge is 0.251 e. The molecule has 0 radical (unpaired) electrons. The first-order valence-electron chi connectivity index (χ1n) is 12.8. The molecule has 0 unspecified atom stereocenters. The zero-order valence-corrected chi connectivity index (χ0v) is 21.1. The van der Waals surface area contributed by atoms with Crippen LogP contribution in [0.5, 0.6) is 5.75 Å². The lowest BCUT2D eigenvalue weighted by molar-refractivity contribution is -0.146. The fraction of sp³-hybridized carbons (Fsp3) is 0.500. The summed E-state index contributed by atoms with van der Waals surface area (Å²) in [6, 6.07) is 13.5. The number of carbonyl (C=O) groups excluding carboxylic acids is 2. The van der Waals surface area contributed by atoms with E-state index in [1.807, 2.05) is 24.3 Å². The van der Waals surface area contributed by atoms with E-state index in [0.29, 0.717) is 24.5 Å². The molecule has 3 aliphatic rings. The predicted molar refractivity (Wildman–Crippen MR) is 135 cm³/mol. The summed E-state index contributed by atoms with van der Waals surface area (Å²) in [6.45, 7) is 0.963. The number of benzene rings is 2. The summed E-state index contributed by atoms with van der Waals surface area (Å²) in [5, 5.41) is 6.43. The second-order valence-corrected chi connectivity index (χ2v) is 10.2. The molecular weight excluding hydrogens is 480 g/mol. The Morgan fingerprint density at radius 1 is 1.11 bits per heavy atom. The Morgan fingerprint density at radius 3 is 2.59 bits per heavy atom. The number of likely N-dealkylation sites (tertiary alicyclic amines) is 1. The predicted octanol–water partition coefficient (Wildman–Crippen LogP) is 4.26. The fourth-order valence-electron chi connectivity index (χ4n) is 6.19. The van der Waals surface area contributed by atoms with Crippen LogP contribution in [0.4, 0.5) is 14.5 Å². The number of carbonyl (C=O) groups is 2. The van der Waals surface area contributed by atoms with Crippen molar-refractivity contribution in [2.45, 2.75) is 49.7 Å². The quantitative estimate of drug-likeness (QED) is 0.604. The van der Waals surface area contributed by atoms with Crippen molar-refractivity contribution >= 4 is 17.5 Å². The Morgan fingerprint density at radius 2 is 1.86 bits per heavy atom. The van der Waals surface area contributed by atoms with Gasteiger partial charge in [-0.2, -0.15) is 0 Å². The molecule has 37 heavy (non-hydrogen) atoms. The van der Waals surface area contributed by atoms with E-state index in [9.17, 15) is 18.4 Å². The van der Waals surface area contributed by atoms with Gasteiger partial charge in [-0.05, 0) is 48.7 Å². The number of nitrogens with one attached hydrogen (secondary N) is 2. The molecule has 5 rings (SSSR count). The third-order valence-electron chi connectivity index (χ3n) is 8.02. The van der Waals surface area contributed by atoms with Gasteiger partial charge in [-0.25, -0.2) is 8.78 Å². The lowest BCUT2D eigenvalue weighted by Crippen LogP contribution is -2.53. The van der Waals surface area contributed by atoms with Crippen molar-refractivity contribution in [2.24, 2.45) is 11.8 Å². The lowest BCUT2D eigenvalue weighted by atomic mass is 9.79. The lowest BCUT2D eigenvalue weighted by Gasteiger charge is -2.42. The molecule has 0 bridgehead atoms. The Hall–Kier alpha value is -3.20. The van der Waals surface area contributed by atoms with Gasteiger partial charge in [-0.15, -0.1) is 0 Å². The van der Waals surface area contributed by atoms with Crippen LogP contribution in [0.2, 0.25) is 0 Å². The summed E-state index contributed by atoms with van der Waals surface area (Å²) in [4.78, 5) is 28.8. The largest absolute Gasteiger partial charge is 0.497 e. The molecule has 1 saturated carbocycles. The third kappa shape index (κ3) is 5.01. The Labute approximate surface area is 215 Å². The number of hydrogen-bond acceptors (Lipinski definition) is 5. The monoisotopic (exact) mass is 513 g/mol. The number of nitrogens with zero attached hydrogens (tertiary/aromatic N) is 1. The molecule has 2 aromatic carbocycles. The molecule has 1 aliphatic carbocycles. The van der Waals surface area contributed by atoms with Crippen LogP contribution in [-0.4, -0.2) is 62.1 Å². The van der Waals surface area contributed by atoms with Crippen molar-refractivity contribution in [2.75, 3.05) is 32.7 Å². The highest BCUT2D eigenvalue weighted by Crippen LogP contribution is 2.48. The fourth-order valence-corrected chi connectivity index (χ4v) is 6.19. The first-order valence-corrected chi connectivity index (χ1v) is 12.8. The SMILES string of the molecule is COC[C@@H]1Nc2ccccc2[C@H]2[C@@H]1CCN2C(=O)[C@H]1CC(F)(F)CC[C@H]1NC(=O)c1ccc(OC)cc1. The van der Waals surface area contributed by atoms with Crippen LogP contribution in [0.1, 0.15) is 47.6 Å². The van der Waals surface area contributed by atoms with Crippen LogP contribution >= 0.6 is 0 Å². The van der Waals surface area contributed by atoms with Gasteiger partial charge in [0.05, 0.1) is 31.7 Å². The first kappa shape index (κ1) is 25.4. The first-order chi connectivity index (χ1) is 17.8. The van der Waals surface area contributed by atoms with Crippen molar-refractivity contribution in [3.8, 4) is 5.75 Å². The van der Waals surface area contributed by atoms with Gasteiger partial charge in [0.2, 0.25) is 11.8 Å². The Kier molecular flexibility index (Phi) is 7.07. The van der Waals surface area contributed by atoms with E-state index < -0.39 is 24.3 Å². The van der Waals surface area contributed by atoms with Gasteiger partial charge in [0.1, 0.15) is 5.75 Å². The number of amides is 2. The molecule has 9 heteroatoms. The zero-order valence-electron chi connectivity index (χ0n) is 21.1. The van der Waals surface area contributed by atoms with Crippen LogP contribution in [0.3, 0.4) is 0 Å². The average Bonchev–Trinajstić information content (AvgIpc) is 3.35. The van der Waals surface area contributed by atoms with Gasteiger partial charge in [-0.1, -0.05) is 18.2 Å². The van der Waals surface area contributed by atoms with E-state index in [2.05, 4.69) is 10.6 Å². The second-order valence-electron chi connectivity index (χ2n) is 10.2. The molecular formula is C28H33F2N3O4. The molecule has 5 atom stereocenters. The molecule has 2 aromatic rings. The maximum atomic E-state index is 14.6. The normalized spacial score (nSPS) is 28.0. The number of methoxy groups -OCH3 is 2. The van der Waals surface area contributed by atoms with Crippen LogP contribution in [0, 0.1) is 11.8 Å². The van der Waals surface area contributed by atoms with E-state index >= 15 is 0 Å². The highest BCUT2D eigenvalue weighted by Gasteiger charge is 2.51. The van der Waals surface area contributed by atoms with Gasteiger partial charge in [0, 0.05) is 49.7 Å². The van der Waals surface area contributed by atoms with Crippen LogP contribution in [0.25, 0.3) is 0 Å². The van der Waals surface area contributed by atoms with E-state index in [1.54, 1.807) is 36.3 Å². The molecule has 2 amide bonds. The standard InChI is InChI=1S/C28H33F2N3O4/c1-36-16-24-20-12-14-33(25(20)19-5-3-4-6-22(19)31-24)27(35)21-15-28(29,30)13-11-23(21)32-26(34)17-7-9-18(37-2)10-8-17/h3-10,20-21,23-25,31H,11-16H2,1-2H3,(H,32,34)/t20-,21+,23-,24+,25+/m1/s1. The molecule has 7 nitrogen and oxygen atoms in total. The van der Waals surface area contributed by atoms with Crippen molar-refractivity contribution in [1.29, 1.82) is 0 Å². The summed E-state index contributed by atoms with van der Waals surface area (Å²) >= 11 is 0. The Bertz CT molecular complexity index is 1140. The van der Waals surface area contributed by atoms with Gasteiger partial charge < -0.3 is 25.0 Å². The van der Waals surface area contributed by atoms with Gasteiger partial charge in [0.15, 0.2) is 0 Å². The van der Waals surface area contributed by atoms with Gasteiger partial charge >= 0.3 is 0 Å². The summed E-state index contributed by atoms with van der Waals surface area (Å²) in [7, 11) is 3.18. The number of para-hydroxylation sites is 1. The van der Waals surface area contributed by atoms with E-state index in [-0.39, 0.29) is 42.7 Å². The maximum absolute atomic E-state index is 14.6. The maximum Gasteiger partial charge on any atom is 0.251 e. The molecule has 2 fully saturated rings. The average molecular weight is 514 g/mol. The molecule has 2 N–H and O–H groups in total. The minimum absolute atomic E-state index is 0.0149. The van der Waals surface area contributed by atoms with Gasteiger partial charge in [-0.3, -0.25) is 9.59 Å². The highest BCUT2D eigenvalue weighted by atomic mass is 19.3. The van der Waals surface area contributed by atoms with Gasteiger partial charge in [0.25, 0.3) is 5.91 Å². The molecule has 2 aliphatic heterocycles. The van der Waals surface area contributed by atoms with Crippen LogP contribution in [0.15, 0.2) is 48.5 Å². The van der Waals surface area contributed by atoms with Crippen molar-refractivity contribution in [3.63, 3.8) is 0 Å². The minimum atomic E-state index is -2.95. The van der Waals surface area contributed by atoms with E-state index in [1.165, 1.54) is 7.11 Å². The molecule has 2 heterocycles. The zero-order chi connectivity index (χ0) is 26.2. The van der Waals surface area contributed by atoms with Crippen molar-refractivity contribution < 1.29 is 27.8 Å². The number of rotatable bonds is 6. The number of hydrogen-bond donors (Lipinski definition) is 2. The van der Waals surface area contributed by atoms with Crippen LogP contribution in [-0.2, 0) is 9.53 Å². The number of fused-ring (bicyclic) bond motifs is 3. The number of halogens is 2. The number of ether oxygens (including phenoxy) is 2. The Balaban J connectivity index is 1.40. The van der Waals surface area contributed by atoms with Crippen molar-refractivity contribution in [3.05, 3.63) is 59.7 Å². The summed E-state index contributed by atoms with van der Waals surface area (Å²) in [6.07, 6.45) is -0.150. The second kappa shape index (κ2) is 10.3. The minimum Gasteiger partial charge on any atom is -0.497 e. The third-order valence-corrected chi connectivity index (χ3v) is 8.02. The molecule has 0 spiro atoms. The summed E-state index contributed by atoms with van der Waals surface area (Å²) in [5.41, 5.74) is 2.32. The van der Waals surface area contributed by atoms with Crippen LogP contribution < -0.4 is 15.4 Å². The van der Waals surface area contributed by atoms with E-state index in [0.717, 1.165) is 17.7 Å². The highest BCUT2D eigenvalue weighted by molar-refractivity contribution is 5.95. The number of alkyl halides is 2.